The van der Waals surface area contributed by atoms with E-state index in [9.17, 15) is 0 Å². The number of hydrogen-bond donors (Lipinski definition) is 1. The number of nitrogens with one attached hydrogen (secondary N) is 1. The summed E-state index contributed by atoms with van der Waals surface area (Å²) in [6.07, 6.45) is 0. The molecule has 23 heavy (non-hydrogen) atoms. The minimum Gasteiger partial charge on any atom is -0.378 e. The molecule has 2 aromatic carbocycles. The largest absolute Gasteiger partial charge is 0.378 e. The summed E-state index contributed by atoms with van der Waals surface area (Å²) < 4.78 is 0. The molecule has 0 atom stereocenters. The molecule has 0 saturated carbocycles. The zero-order valence-corrected chi connectivity index (χ0v) is 14.7. The molecule has 0 unspecified atom stereocenters. The third kappa shape index (κ3) is 3.57. The molecule has 0 radical (unpaired) electrons. The Morgan fingerprint density at radius 1 is 0.957 bits per heavy atom. The van der Waals surface area contributed by atoms with Crippen LogP contribution in [0.4, 0.5) is 17.1 Å². The number of aromatic nitrogens is 1. The second-order valence-electron chi connectivity index (χ2n) is 5.85. The van der Waals surface area contributed by atoms with Gasteiger partial charge in [-0.2, -0.15) is 0 Å². The lowest BCUT2D eigenvalue weighted by atomic mass is 10.1. The molecule has 3 aromatic rings. The van der Waals surface area contributed by atoms with E-state index in [1.165, 1.54) is 11.3 Å². The lowest BCUT2D eigenvalue weighted by molar-refractivity contribution is 1.13. The van der Waals surface area contributed by atoms with Gasteiger partial charge in [0.25, 0.3) is 0 Å². The van der Waals surface area contributed by atoms with Crippen LogP contribution in [0.25, 0.3) is 10.9 Å². The molecule has 120 valence electrons. The number of hydrogen-bond acceptors (Lipinski definition) is 3. The molecular formula is C19H22ClN3. The summed E-state index contributed by atoms with van der Waals surface area (Å²) in [4.78, 5) is 6.76. The van der Waals surface area contributed by atoms with E-state index in [0.29, 0.717) is 0 Å². The second kappa shape index (κ2) is 6.88. The van der Waals surface area contributed by atoms with E-state index in [1.54, 1.807) is 0 Å². The van der Waals surface area contributed by atoms with E-state index in [4.69, 9.17) is 0 Å². The highest BCUT2D eigenvalue weighted by Crippen LogP contribution is 2.28. The third-order valence-corrected chi connectivity index (χ3v) is 3.83. The number of nitrogens with zero attached hydrogens (tertiary/aromatic N) is 2. The van der Waals surface area contributed by atoms with Crippen molar-refractivity contribution in [2.45, 2.75) is 13.8 Å². The molecule has 1 aromatic heterocycles. The first kappa shape index (κ1) is 17.1. The molecule has 4 heteroatoms. The number of halogens is 1. The lowest BCUT2D eigenvalue weighted by Crippen LogP contribution is -2.08. The van der Waals surface area contributed by atoms with Crippen molar-refractivity contribution in [3.63, 3.8) is 0 Å². The van der Waals surface area contributed by atoms with E-state index in [1.807, 2.05) is 21.0 Å². The van der Waals surface area contributed by atoms with E-state index >= 15 is 0 Å². The normalized spacial score (nSPS) is 10.3. The van der Waals surface area contributed by atoms with Crippen molar-refractivity contribution in [3.05, 3.63) is 59.8 Å². The molecule has 0 amide bonds. The van der Waals surface area contributed by atoms with Crippen molar-refractivity contribution in [2.75, 3.05) is 24.3 Å². The second-order valence-corrected chi connectivity index (χ2v) is 5.85. The first-order valence-corrected chi connectivity index (χ1v) is 7.46. The SMILES string of the molecule is Cc1cc(Nc2ccc(N(C)C)cc2)c2cccc(C)c2n1.Cl. The zero-order valence-electron chi connectivity index (χ0n) is 13.9. The molecule has 1 N–H and O–H groups in total. The number of benzene rings is 2. The van der Waals surface area contributed by atoms with Crippen LogP contribution in [0.5, 0.6) is 0 Å². The van der Waals surface area contributed by atoms with Gasteiger partial charge in [0.1, 0.15) is 0 Å². The van der Waals surface area contributed by atoms with Crippen molar-refractivity contribution in [1.82, 2.24) is 4.98 Å². The van der Waals surface area contributed by atoms with Gasteiger partial charge in [-0.1, -0.05) is 18.2 Å². The summed E-state index contributed by atoms with van der Waals surface area (Å²) >= 11 is 0. The summed E-state index contributed by atoms with van der Waals surface area (Å²) in [5.41, 5.74) is 6.66. The van der Waals surface area contributed by atoms with Gasteiger partial charge in [-0.3, -0.25) is 4.98 Å². The Bertz CT molecular complexity index is 811. The zero-order chi connectivity index (χ0) is 15.7. The number of aryl methyl sites for hydroxylation is 2. The van der Waals surface area contributed by atoms with E-state index in [0.717, 1.165) is 28.0 Å². The van der Waals surface area contributed by atoms with Crippen LogP contribution in [-0.4, -0.2) is 19.1 Å². The van der Waals surface area contributed by atoms with Crippen molar-refractivity contribution in [2.24, 2.45) is 0 Å². The maximum absolute atomic E-state index is 4.67. The van der Waals surface area contributed by atoms with Crippen molar-refractivity contribution in [1.29, 1.82) is 0 Å². The van der Waals surface area contributed by atoms with Crippen LogP contribution in [-0.2, 0) is 0 Å². The van der Waals surface area contributed by atoms with Gasteiger partial charge >= 0.3 is 0 Å². The molecular weight excluding hydrogens is 306 g/mol. The van der Waals surface area contributed by atoms with Gasteiger partial charge in [0.05, 0.1) is 5.52 Å². The van der Waals surface area contributed by atoms with Gasteiger partial charge in [-0.15, -0.1) is 12.4 Å². The fourth-order valence-electron chi connectivity index (χ4n) is 2.62. The lowest BCUT2D eigenvalue weighted by Gasteiger charge is -2.15. The molecule has 0 aliphatic heterocycles. The minimum absolute atomic E-state index is 0. The molecule has 0 spiro atoms. The standard InChI is InChI=1S/C19H21N3.ClH/c1-13-6-5-7-17-18(12-14(2)20-19(13)17)21-15-8-10-16(11-9-15)22(3)4;/h5-12H,1-4H3,(H,20,21);1H. The van der Waals surface area contributed by atoms with Gasteiger partial charge < -0.3 is 10.2 Å². The Labute approximate surface area is 143 Å². The van der Waals surface area contributed by atoms with Gasteiger partial charge in [0.2, 0.25) is 0 Å². The summed E-state index contributed by atoms with van der Waals surface area (Å²) in [5.74, 6) is 0. The van der Waals surface area contributed by atoms with Crippen molar-refractivity contribution >= 4 is 40.4 Å². The smallest absolute Gasteiger partial charge is 0.0755 e. The Balaban J connectivity index is 0.00000192. The van der Waals surface area contributed by atoms with Crippen molar-refractivity contribution in [3.8, 4) is 0 Å². The predicted octanol–water partition coefficient (Wildman–Crippen LogP) is 5.08. The van der Waals surface area contributed by atoms with E-state index in [-0.39, 0.29) is 12.4 Å². The number of para-hydroxylation sites is 1. The molecule has 0 fully saturated rings. The van der Waals surface area contributed by atoms with Gasteiger partial charge in [-0.25, -0.2) is 0 Å². The Morgan fingerprint density at radius 3 is 2.30 bits per heavy atom. The monoisotopic (exact) mass is 327 g/mol. The highest BCUT2D eigenvalue weighted by molar-refractivity contribution is 5.95. The molecule has 0 saturated heterocycles. The average Bonchev–Trinajstić information content (AvgIpc) is 2.49. The fourth-order valence-corrected chi connectivity index (χ4v) is 2.62. The quantitative estimate of drug-likeness (QED) is 0.726. The number of pyridine rings is 1. The predicted molar refractivity (Wildman–Crippen MR) is 103 cm³/mol. The number of rotatable bonds is 3. The highest BCUT2D eigenvalue weighted by Gasteiger charge is 2.06. The van der Waals surface area contributed by atoms with Crippen LogP contribution >= 0.6 is 12.4 Å². The number of anilines is 3. The first-order chi connectivity index (χ1) is 10.5. The van der Waals surface area contributed by atoms with Crippen LogP contribution in [0.2, 0.25) is 0 Å². The van der Waals surface area contributed by atoms with Crippen molar-refractivity contribution < 1.29 is 0 Å². The number of fused-ring (bicyclic) bond motifs is 1. The summed E-state index contributed by atoms with van der Waals surface area (Å²) in [6, 6.07) is 16.8. The Morgan fingerprint density at radius 2 is 1.65 bits per heavy atom. The first-order valence-electron chi connectivity index (χ1n) is 7.46. The summed E-state index contributed by atoms with van der Waals surface area (Å²) in [7, 11) is 4.09. The van der Waals surface area contributed by atoms with Crippen LogP contribution < -0.4 is 10.2 Å². The Kier molecular flexibility index (Phi) is 5.12. The highest BCUT2D eigenvalue weighted by atomic mass is 35.5. The average molecular weight is 328 g/mol. The molecule has 0 aliphatic rings. The van der Waals surface area contributed by atoms with E-state index in [2.05, 4.69) is 70.7 Å². The Hall–Kier alpha value is -2.26. The maximum atomic E-state index is 4.67. The molecule has 0 bridgehead atoms. The maximum Gasteiger partial charge on any atom is 0.0755 e. The van der Waals surface area contributed by atoms with Crippen LogP contribution in [0.15, 0.2) is 48.5 Å². The van der Waals surface area contributed by atoms with Gasteiger partial charge in [-0.05, 0) is 49.7 Å². The van der Waals surface area contributed by atoms with Gasteiger partial charge in [0, 0.05) is 42.2 Å². The van der Waals surface area contributed by atoms with Crippen LogP contribution in [0, 0.1) is 13.8 Å². The topological polar surface area (TPSA) is 28.2 Å². The third-order valence-electron chi connectivity index (χ3n) is 3.83. The fraction of sp³-hybridized carbons (Fsp3) is 0.211. The summed E-state index contributed by atoms with van der Waals surface area (Å²) in [6.45, 7) is 4.14. The molecule has 0 aliphatic carbocycles. The van der Waals surface area contributed by atoms with E-state index < -0.39 is 0 Å². The van der Waals surface area contributed by atoms with Gasteiger partial charge in [0.15, 0.2) is 0 Å². The van der Waals surface area contributed by atoms with Crippen LogP contribution in [0.3, 0.4) is 0 Å². The molecule has 1 heterocycles. The van der Waals surface area contributed by atoms with Crippen LogP contribution in [0.1, 0.15) is 11.3 Å². The minimum atomic E-state index is 0. The molecule has 3 nitrogen and oxygen atoms in total. The summed E-state index contributed by atoms with van der Waals surface area (Å²) in [5, 5.41) is 4.68. The molecule has 3 rings (SSSR count).